The molecule has 0 radical (unpaired) electrons. The Bertz CT molecular complexity index is 849. The predicted molar refractivity (Wildman–Crippen MR) is 92.9 cm³/mol. The number of halogens is 2. The molecule has 0 aliphatic rings. The Morgan fingerprint density at radius 3 is 2.21 bits per heavy atom. The number of carbonyl (C=O) groups excluding carboxylic acids is 1. The lowest BCUT2D eigenvalue weighted by Gasteiger charge is -2.11. The molecule has 2 rings (SSSR count). The molecule has 0 aromatic heterocycles. The van der Waals surface area contributed by atoms with Gasteiger partial charge >= 0.3 is 5.97 Å². The molecule has 0 saturated heterocycles. The fourth-order valence-corrected chi connectivity index (χ4v) is 3.06. The van der Waals surface area contributed by atoms with Crippen molar-refractivity contribution in [1.29, 1.82) is 0 Å². The molecule has 0 saturated carbocycles. The van der Waals surface area contributed by atoms with Crippen LogP contribution >= 0.6 is 23.2 Å². The average Bonchev–Trinajstić information content (AvgIpc) is 2.55. The second-order valence-electron chi connectivity index (χ2n) is 5.14. The lowest BCUT2D eigenvalue weighted by atomic mass is 10.2. The van der Waals surface area contributed by atoms with Crippen LogP contribution in [-0.4, -0.2) is 32.8 Å². The highest BCUT2D eigenvalue weighted by molar-refractivity contribution is 7.89. The molecule has 0 aliphatic heterocycles. The highest BCUT2D eigenvalue weighted by Gasteiger charge is 2.17. The van der Waals surface area contributed by atoms with Crippen molar-refractivity contribution in [2.45, 2.75) is 11.5 Å². The molecule has 128 valence electrons. The quantitative estimate of drug-likeness (QED) is 0.735. The molecule has 0 N–H and O–H groups in total. The molecular weight excluding hydrogens is 373 g/mol. The molecule has 2 aromatic carbocycles. The van der Waals surface area contributed by atoms with Gasteiger partial charge in [-0.05, 0) is 42.0 Å². The highest BCUT2D eigenvalue weighted by Crippen LogP contribution is 2.23. The van der Waals surface area contributed by atoms with Crippen LogP contribution < -0.4 is 0 Å². The summed E-state index contributed by atoms with van der Waals surface area (Å²) in [6.45, 7) is 0.0352. The van der Waals surface area contributed by atoms with E-state index in [0.717, 1.165) is 4.31 Å². The van der Waals surface area contributed by atoms with Gasteiger partial charge in [-0.2, -0.15) is 0 Å². The van der Waals surface area contributed by atoms with Crippen molar-refractivity contribution in [3.8, 4) is 0 Å². The van der Waals surface area contributed by atoms with Crippen LogP contribution in [0.5, 0.6) is 0 Å². The summed E-state index contributed by atoms with van der Waals surface area (Å²) in [5.41, 5.74) is 0.956. The van der Waals surface area contributed by atoms with E-state index in [1.165, 1.54) is 38.4 Å². The topological polar surface area (TPSA) is 63.7 Å². The van der Waals surface area contributed by atoms with Crippen LogP contribution in [0.15, 0.2) is 47.4 Å². The number of benzene rings is 2. The van der Waals surface area contributed by atoms with Crippen LogP contribution in [0.2, 0.25) is 10.0 Å². The summed E-state index contributed by atoms with van der Waals surface area (Å²) in [7, 11) is -0.651. The summed E-state index contributed by atoms with van der Waals surface area (Å²) in [5.74, 6) is -0.560. The maximum absolute atomic E-state index is 12.0. The Morgan fingerprint density at radius 1 is 1.04 bits per heavy atom. The van der Waals surface area contributed by atoms with Gasteiger partial charge in [-0.25, -0.2) is 17.5 Å². The number of nitrogens with zero attached hydrogens (tertiary/aromatic N) is 1. The third kappa shape index (κ3) is 4.27. The number of sulfonamides is 1. The molecule has 2 aromatic rings. The Morgan fingerprint density at radius 2 is 1.67 bits per heavy atom. The number of esters is 1. The molecule has 0 spiro atoms. The fraction of sp³-hybridized carbons (Fsp3) is 0.188. The first-order valence-electron chi connectivity index (χ1n) is 6.85. The van der Waals surface area contributed by atoms with Crippen molar-refractivity contribution in [2.24, 2.45) is 0 Å². The molecule has 5 nitrogen and oxygen atoms in total. The third-order valence-electron chi connectivity index (χ3n) is 3.22. The molecule has 0 unspecified atom stereocenters. The molecule has 0 atom stereocenters. The van der Waals surface area contributed by atoms with Gasteiger partial charge in [-0.15, -0.1) is 0 Å². The second-order valence-corrected chi connectivity index (χ2v) is 8.10. The highest BCUT2D eigenvalue weighted by atomic mass is 35.5. The first kappa shape index (κ1) is 18.7. The SMILES string of the molecule is CN(C)S(=O)(=O)c1ccc(C(=O)OCc2ccc(Cl)c(Cl)c2)cc1. The van der Waals surface area contributed by atoms with E-state index in [1.807, 2.05) is 0 Å². The van der Waals surface area contributed by atoms with Crippen LogP contribution in [-0.2, 0) is 21.4 Å². The van der Waals surface area contributed by atoms with Crippen molar-refractivity contribution in [1.82, 2.24) is 4.31 Å². The lowest BCUT2D eigenvalue weighted by molar-refractivity contribution is 0.0472. The molecule has 0 heterocycles. The first-order chi connectivity index (χ1) is 11.2. The van der Waals surface area contributed by atoms with E-state index in [0.29, 0.717) is 15.6 Å². The summed E-state index contributed by atoms with van der Waals surface area (Å²) in [6.07, 6.45) is 0. The van der Waals surface area contributed by atoms with Crippen molar-refractivity contribution in [3.05, 3.63) is 63.6 Å². The van der Waals surface area contributed by atoms with Gasteiger partial charge in [0.2, 0.25) is 10.0 Å². The van der Waals surface area contributed by atoms with Crippen molar-refractivity contribution in [3.63, 3.8) is 0 Å². The van der Waals surface area contributed by atoms with E-state index in [2.05, 4.69) is 0 Å². The zero-order valence-corrected chi connectivity index (χ0v) is 15.3. The largest absolute Gasteiger partial charge is 0.457 e. The number of rotatable bonds is 5. The number of ether oxygens (including phenoxy) is 1. The molecular formula is C16H15Cl2NO4S. The van der Waals surface area contributed by atoms with Gasteiger partial charge in [0.05, 0.1) is 20.5 Å². The summed E-state index contributed by atoms with van der Waals surface area (Å²) < 4.78 is 30.2. The molecule has 0 aliphatic carbocycles. The number of carbonyl (C=O) groups is 1. The molecule has 0 bridgehead atoms. The van der Waals surface area contributed by atoms with E-state index in [4.69, 9.17) is 27.9 Å². The van der Waals surface area contributed by atoms with Gasteiger partial charge in [0.15, 0.2) is 0 Å². The Hall–Kier alpha value is -1.60. The van der Waals surface area contributed by atoms with Gasteiger partial charge < -0.3 is 4.74 Å². The smallest absolute Gasteiger partial charge is 0.338 e. The minimum Gasteiger partial charge on any atom is -0.457 e. The van der Waals surface area contributed by atoms with E-state index < -0.39 is 16.0 Å². The lowest BCUT2D eigenvalue weighted by Crippen LogP contribution is -2.22. The van der Waals surface area contributed by atoms with E-state index in [-0.39, 0.29) is 17.1 Å². The van der Waals surface area contributed by atoms with Crippen molar-refractivity contribution < 1.29 is 17.9 Å². The van der Waals surface area contributed by atoms with Crippen LogP contribution in [0.4, 0.5) is 0 Å². The van der Waals surface area contributed by atoms with E-state index >= 15 is 0 Å². The maximum atomic E-state index is 12.0. The molecule has 0 fully saturated rings. The second kappa shape index (κ2) is 7.53. The predicted octanol–water partition coefficient (Wildman–Crippen LogP) is 3.60. The normalized spacial score (nSPS) is 11.5. The van der Waals surface area contributed by atoms with Gasteiger partial charge in [0.1, 0.15) is 6.61 Å². The minimum absolute atomic E-state index is 0.0352. The standard InChI is InChI=1S/C16H15Cl2NO4S/c1-19(2)24(21,22)13-6-4-12(5-7-13)16(20)23-10-11-3-8-14(17)15(18)9-11/h3-9H,10H2,1-2H3. The van der Waals surface area contributed by atoms with E-state index in [9.17, 15) is 13.2 Å². The van der Waals surface area contributed by atoms with Gasteiger partial charge in [0, 0.05) is 14.1 Å². The Labute approximate surface area is 150 Å². The van der Waals surface area contributed by atoms with Crippen LogP contribution in [0.25, 0.3) is 0 Å². The summed E-state index contributed by atoms with van der Waals surface area (Å²) in [4.78, 5) is 12.1. The first-order valence-corrected chi connectivity index (χ1v) is 9.05. The van der Waals surface area contributed by atoms with Crippen molar-refractivity contribution in [2.75, 3.05) is 14.1 Å². The number of hydrogen-bond acceptors (Lipinski definition) is 4. The van der Waals surface area contributed by atoms with Gasteiger partial charge in [-0.3, -0.25) is 0 Å². The average molecular weight is 388 g/mol. The number of hydrogen-bond donors (Lipinski definition) is 0. The Kier molecular flexibility index (Phi) is 5.87. The minimum atomic E-state index is -3.53. The monoisotopic (exact) mass is 387 g/mol. The molecule has 24 heavy (non-hydrogen) atoms. The maximum Gasteiger partial charge on any atom is 0.338 e. The van der Waals surface area contributed by atoms with Gasteiger partial charge in [0.25, 0.3) is 0 Å². The van der Waals surface area contributed by atoms with Crippen LogP contribution in [0.1, 0.15) is 15.9 Å². The zero-order chi connectivity index (χ0) is 17.9. The summed E-state index contributed by atoms with van der Waals surface area (Å²) in [6, 6.07) is 10.5. The third-order valence-corrected chi connectivity index (χ3v) is 5.79. The molecule has 8 heteroatoms. The fourth-order valence-electron chi connectivity index (χ4n) is 1.84. The Balaban J connectivity index is 2.06. The summed E-state index contributed by atoms with van der Waals surface area (Å²) >= 11 is 11.7. The summed E-state index contributed by atoms with van der Waals surface area (Å²) in [5, 5.41) is 0.799. The molecule has 0 amide bonds. The zero-order valence-electron chi connectivity index (χ0n) is 13.0. The van der Waals surface area contributed by atoms with Crippen molar-refractivity contribution >= 4 is 39.2 Å². The van der Waals surface area contributed by atoms with E-state index in [1.54, 1.807) is 18.2 Å². The van der Waals surface area contributed by atoms with Crippen LogP contribution in [0, 0.1) is 0 Å². The van der Waals surface area contributed by atoms with Gasteiger partial charge in [-0.1, -0.05) is 29.3 Å². The van der Waals surface area contributed by atoms with Crippen LogP contribution in [0.3, 0.4) is 0 Å².